The van der Waals surface area contributed by atoms with Gasteiger partial charge >= 0.3 is 5.97 Å². The molecule has 2 N–H and O–H groups in total. The lowest BCUT2D eigenvalue weighted by Crippen LogP contribution is -2.53. The Morgan fingerprint density at radius 1 is 1.28 bits per heavy atom. The van der Waals surface area contributed by atoms with Crippen LogP contribution in [-0.2, 0) is 4.79 Å². The molecule has 0 unspecified atom stereocenters. The minimum Gasteiger partial charge on any atom is -0.478 e. The van der Waals surface area contributed by atoms with Crippen molar-refractivity contribution in [2.45, 2.75) is 25.4 Å². The predicted octanol–water partition coefficient (Wildman–Crippen LogP) is 1.72. The third kappa shape index (κ3) is 3.47. The van der Waals surface area contributed by atoms with Crippen molar-refractivity contribution in [3.8, 4) is 5.75 Å². The molecule has 0 radical (unpaired) electrons. The van der Waals surface area contributed by atoms with Crippen LogP contribution in [0.25, 0.3) is 0 Å². The molecule has 132 valence electrons. The summed E-state index contributed by atoms with van der Waals surface area (Å²) in [6.07, 6.45) is 4.01. The Morgan fingerprint density at radius 3 is 2.68 bits per heavy atom. The molecular formula is C17H21N5O3. The van der Waals surface area contributed by atoms with Crippen LogP contribution in [0, 0.1) is 6.92 Å². The van der Waals surface area contributed by atoms with Crippen LogP contribution in [0.5, 0.6) is 5.75 Å². The van der Waals surface area contributed by atoms with Crippen LogP contribution < -0.4 is 15.0 Å². The van der Waals surface area contributed by atoms with Crippen LogP contribution in [0.3, 0.4) is 0 Å². The lowest BCUT2D eigenvalue weighted by atomic mass is 9.91. The molecule has 1 aliphatic heterocycles. The Hall–Kier alpha value is -2.90. The number of carboxylic acids is 1. The number of hydrogen-bond acceptors (Lipinski definition) is 7. The fourth-order valence-electron chi connectivity index (χ4n) is 2.86. The molecule has 0 atom stereocenters. The number of hydrogen-bond donors (Lipinski definition) is 2. The summed E-state index contributed by atoms with van der Waals surface area (Å²) in [6, 6.07) is 5.27. The highest BCUT2D eigenvalue weighted by Crippen LogP contribution is 2.31. The quantitative estimate of drug-likeness (QED) is 0.846. The predicted molar refractivity (Wildman–Crippen MR) is 93.0 cm³/mol. The fourth-order valence-corrected chi connectivity index (χ4v) is 2.86. The first-order valence-electron chi connectivity index (χ1n) is 8.14. The highest BCUT2D eigenvalue weighted by atomic mass is 16.5. The SMILES string of the molecule is CNc1ccnc(N2CCC(Oc3cccnc3C)(C(=O)O)CC2)n1. The molecule has 0 aromatic carbocycles. The summed E-state index contributed by atoms with van der Waals surface area (Å²) in [5, 5.41) is 12.8. The van der Waals surface area contributed by atoms with Gasteiger partial charge in [0.15, 0.2) is 0 Å². The van der Waals surface area contributed by atoms with Crippen LogP contribution in [0.4, 0.5) is 11.8 Å². The van der Waals surface area contributed by atoms with Crippen LogP contribution in [0.15, 0.2) is 30.6 Å². The topological polar surface area (TPSA) is 100 Å². The number of pyridine rings is 1. The first-order chi connectivity index (χ1) is 12.0. The number of anilines is 2. The van der Waals surface area contributed by atoms with Gasteiger partial charge < -0.3 is 20.1 Å². The fraction of sp³-hybridized carbons (Fsp3) is 0.412. The van der Waals surface area contributed by atoms with Gasteiger partial charge in [-0.05, 0) is 25.1 Å². The van der Waals surface area contributed by atoms with Gasteiger partial charge in [-0.15, -0.1) is 0 Å². The second-order valence-electron chi connectivity index (χ2n) is 5.97. The van der Waals surface area contributed by atoms with E-state index in [-0.39, 0.29) is 0 Å². The Kier molecular flexibility index (Phi) is 4.69. The zero-order valence-electron chi connectivity index (χ0n) is 14.3. The standard InChI is InChI=1S/C17H21N5O3/c1-12-13(4-3-8-19-12)25-17(15(23)24)6-10-22(11-7-17)16-20-9-5-14(18-2)21-16/h3-5,8-9H,6-7,10-11H2,1-2H3,(H,23,24)(H,18,20,21). The van der Waals surface area contributed by atoms with Crippen molar-refractivity contribution >= 4 is 17.7 Å². The van der Waals surface area contributed by atoms with E-state index in [9.17, 15) is 9.90 Å². The van der Waals surface area contributed by atoms with Gasteiger partial charge in [0.05, 0.1) is 5.69 Å². The first kappa shape index (κ1) is 16.9. The number of piperidine rings is 1. The number of aryl methyl sites for hydroxylation is 1. The van der Waals surface area contributed by atoms with Gasteiger partial charge in [0.25, 0.3) is 0 Å². The van der Waals surface area contributed by atoms with Crippen LogP contribution >= 0.6 is 0 Å². The van der Waals surface area contributed by atoms with Crippen molar-refractivity contribution in [3.63, 3.8) is 0 Å². The van der Waals surface area contributed by atoms with Gasteiger partial charge in [-0.1, -0.05) is 0 Å². The molecule has 1 saturated heterocycles. The Balaban J connectivity index is 1.76. The molecule has 3 rings (SSSR count). The van der Waals surface area contributed by atoms with Crippen molar-refractivity contribution in [1.29, 1.82) is 0 Å². The van der Waals surface area contributed by atoms with Crippen LogP contribution in [-0.4, -0.2) is 51.8 Å². The number of rotatable bonds is 5. The molecule has 0 aliphatic carbocycles. The van der Waals surface area contributed by atoms with E-state index in [1.807, 2.05) is 4.90 Å². The highest BCUT2D eigenvalue weighted by Gasteiger charge is 2.44. The van der Waals surface area contributed by atoms with Gasteiger partial charge in [-0.25, -0.2) is 9.78 Å². The minimum absolute atomic E-state index is 0.337. The minimum atomic E-state index is -1.26. The zero-order valence-corrected chi connectivity index (χ0v) is 14.3. The molecule has 1 fully saturated rings. The number of carbonyl (C=O) groups is 1. The van der Waals surface area contributed by atoms with E-state index in [0.717, 1.165) is 5.82 Å². The summed E-state index contributed by atoms with van der Waals surface area (Å²) < 4.78 is 5.92. The number of aliphatic carboxylic acids is 1. The van der Waals surface area contributed by atoms with Crippen LogP contribution in [0.2, 0.25) is 0 Å². The number of nitrogens with zero attached hydrogens (tertiary/aromatic N) is 4. The van der Waals surface area contributed by atoms with Gasteiger partial charge in [0.1, 0.15) is 11.6 Å². The van der Waals surface area contributed by atoms with Crippen molar-refractivity contribution in [2.24, 2.45) is 0 Å². The number of carboxylic acid groups (broad SMARTS) is 1. The monoisotopic (exact) mass is 343 g/mol. The molecule has 2 aromatic heterocycles. The van der Waals surface area contributed by atoms with E-state index in [1.165, 1.54) is 0 Å². The normalized spacial score (nSPS) is 16.3. The lowest BCUT2D eigenvalue weighted by molar-refractivity contribution is -0.157. The van der Waals surface area contributed by atoms with E-state index < -0.39 is 11.6 Å². The number of aromatic nitrogens is 3. The molecule has 0 bridgehead atoms. The Labute approximate surface area is 145 Å². The molecule has 8 heteroatoms. The number of ether oxygens (including phenoxy) is 1. The average molecular weight is 343 g/mol. The maximum Gasteiger partial charge on any atom is 0.348 e. The largest absolute Gasteiger partial charge is 0.478 e. The average Bonchev–Trinajstić information content (AvgIpc) is 2.64. The smallest absolute Gasteiger partial charge is 0.348 e. The van der Waals surface area contributed by atoms with Gasteiger partial charge in [-0.3, -0.25) is 4.98 Å². The third-order valence-corrected chi connectivity index (χ3v) is 4.41. The van der Waals surface area contributed by atoms with E-state index >= 15 is 0 Å². The highest BCUT2D eigenvalue weighted by molar-refractivity contribution is 5.78. The second kappa shape index (κ2) is 6.92. The molecule has 25 heavy (non-hydrogen) atoms. The van der Waals surface area contributed by atoms with E-state index in [1.54, 1.807) is 44.6 Å². The summed E-state index contributed by atoms with van der Waals surface area (Å²) in [5.74, 6) is 0.859. The molecule has 2 aromatic rings. The molecular weight excluding hydrogens is 322 g/mol. The summed E-state index contributed by atoms with van der Waals surface area (Å²) >= 11 is 0. The molecule has 8 nitrogen and oxygen atoms in total. The summed E-state index contributed by atoms with van der Waals surface area (Å²) in [7, 11) is 1.79. The molecule has 3 heterocycles. The van der Waals surface area contributed by atoms with Crippen LogP contribution in [0.1, 0.15) is 18.5 Å². The van der Waals surface area contributed by atoms with Gasteiger partial charge in [0.2, 0.25) is 11.5 Å². The first-order valence-corrected chi connectivity index (χ1v) is 8.14. The van der Waals surface area contributed by atoms with Crippen molar-refractivity contribution < 1.29 is 14.6 Å². The van der Waals surface area contributed by atoms with E-state index in [2.05, 4.69) is 20.3 Å². The van der Waals surface area contributed by atoms with Gasteiger partial charge in [0, 0.05) is 45.4 Å². The second-order valence-corrected chi connectivity index (χ2v) is 5.97. The third-order valence-electron chi connectivity index (χ3n) is 4.41. The summed E-state index contributed by atoms with van der Waals surface area (Å²) in [4.78, 5) is 26.8. The van der Waals surface area contributed by atoms with Gasteiger partial charge in [-0.2, -0.15) is 4.98 Å². The summed E-state index contributed by atoms with van der Waals surface area (Å²) in [5.41, 5.74) is -0.583. The van der Waals surface area contributed by atoms with E-state index in [4.69, 9.17) is 4.74 Å². The maximum atomic E-state index is 11.9. The van der Waals surface area contributed by atoms with Crippen molar-refractivity contribution in [1.82, 2.24) is 15.0 Å². The molecule has 1 aliphatic rings. The molecule has 0 amide bonds. The Bertz CT molecular complexity index is 759. The van der Waals surface area contributed by atoms with Crippen molar-refractivity contribution in [2.75, 3.05) is 30.4 Å². The maximum absolute atomic E-state index is 11.9. The number of nitrogens with one attached hydrogen (secondary N) is 1. The zero-order chi connectivity index (χ0) is 17.9. The Morgan fingerprint density at radius 2 is 2.04 bits per heavy atom. The molecule has 0 spiro atoms. The van der Waals surface area contributed by atoms with E-state index in [0.29, 0.717) is 43.3 Å². The molecule has 0 saturated carbocycles. The summed E-state index contributed by atoms with van der Waals surface area (Å²) in [6.45, 7) is 2.80. The lowest BCUT2D eigenvalue weighted by Gasteiger charge is -2.39. The van der Waals surface area contributed by atoms with Crippen molar-refractivity contribution in [3.05, 3.63) is 36.3 Å².